The molecule has 1 aliphatic heterocycles. The first-order valence-electron chi connectivity index (χ1n) is 7.63. The monoisotopic (exact) mass is 306 g/mol. The Labute approximate surface area is 130 Å². The van der Waals surface area contributed by atoms with Crippen molar-refractivity contribution >= 4 is 11.8 Å². The average Bonchev–Trinajstić information content (AvgIpc) is 2.81. The van der Waals surface area contributed by atoms with Gasteiger partial charge in [-0.05, 0) is 13.3 Å². The summed E-state index contributed by atoms with van der Waals surface area (Å²) in [5.41, 5.74) is 0.346. The largest absolute Gasteiger partial charge is 0.381 e. The molecule has 0 spiro atoms. The second-order valence-corrected chi connectivity index (χ2v) is 5.06. The molecule has 2 amide bonds. The Bertz CT molecular complexity index is 495. The van der Waals surface area contributed by atoms with Gasteiger partial charge < -0.3 is 14.5 Å². The summed E-state index contributed by atoms with van der Waals surface area (Å²) in [7, 11) is 0. The summed E-state index contributed by atoms with van der Waals surface area (Å²) in [6.07, 6.45) is 5.68. The van der Waals surface area contributed by atoms with E-state index in [1.54, 1.807) is 4.90 Å². The lowest BCUT2D eigenvalue weighted by atomic mass is 10.3. The van der Waals surface area contributed by atoms with E-state index in [2.05, 4.69) is 9.97 Å². The molecule has 0 aliphatic carbocycles. The van der Waals surface area contributed by atoms with E-state index < -0.39 is 0 Å². The highest BCUT2D eigenvalue weighted by Gasteiger charge is 2.23. The third-order valence-corrected chi connectivity index (χ3v) is 3.58. The number of nitrogens with zero attached hydrogens (tertiary/aromatic N) is 4. The van der Waals surface area contributed by atoms with Gasteiger partial charge in [-0.15, -0.1) is 0 Å². The number of carbonyl (C=O) groups is 2. The second-order valence-electron chi connectivity index (χ2n) is 5.06. The van der Waals surface area contributed by atoms with Crippen molar-refractivity contribution in [2.24, 2.45) is 0 Å². The van der Waals surface area contributed by atoms with Crippen molar-refractivity contribution in [2.45, 2.75) is 19.8 Å². The van der Waals surface area contributed by atoms with Crippen LogP contribution in [0.1, 0.15) is 30.3 Å². The molecule has 1 saturated heterocycles. The smallest absolute Gasteiger partial charge is 0.274 e. The van der Waals surface area contributed by atoms with Crippen LogP contribution in [0, 0.1) is 0 Å². The van der Waals surface area contributed by atoms with Crippen LogP contribution in [-0.4, -0.2) is 71.0 Å². The molecule has 0 aromatic carbocycles. The first-order chi connectivity index (χ1) is 10.7. The summed E-state index contributed by atoms with van der Waals surface area (Å²) in [4.78, 5) is 35.9. The van der Waals surface area contributed by atoms with E-state index in [0.29, 0.717) is 51.5 Å². The second kappa shape index (κ2) is 8.43. The summed E-state index contributed by atoms with van der Waals surface area (Å²) in [6.45, 7) is 5.36. The van der Waals surface area contributed by atoms with E-state index in [4.69, 9.17) is 4.74 Å². The molecule has 1 aromatic rings. The fourth-order valence-electron chi connectivity index (χ4n) is 2.40. The van der Waals surface area contributed by atoms with Crippen molar-refractivity contribution in [3.05, 3.63) is 24.3 Å². The van der Waals surface area contributed by atoms with Crippen molar-refractivity contribution < 1.29 is 14.3 Å². The van der Waals surface area contributed by atoms with Crippen LogP contribution in [0.2, 0.25) is 0 Å². The van der Waals surface area contributed by atoms with Crippen LogP contribution < -0.4 is 0 Å². The van der Waals surface area contributed by atoms with Crippen LogP contribution in [0.25, 0.3) is 0 Å². The van der Waals surface area contributed by atoms with Gasteiger partial charge in [0, 0.05) is 45.2 Å². The predicted molar refractivity (Wildman–Crippen MR) is 80.2 cm³/mol. The maximum atomic E-state index is 12.3. The minimum atomic E-state index is -0.128. The molecule has 0 bridgehead atoms. The number of amides is 2. The van der Waals surface area contributed by atoms with Gasteiger partial charge in [-0.1, -0.05) is 0 Å². The Kier molecular flexibility index (Phi) is 6.27. The van der Waals surface area contributed by atoms with Gasteiger partial charge in [-0.2, -0.15) is 0 Å². The molecule has 0 N–H and O–H groups in total. The van der Waals surface area contributed by atoms with Crippen molar-refractivity contribution in [1.29, 1.82) is 0 Å². The first kappa shape index (κ1) is 16.4. The van der Waals surface area contributed by atoms with Crippen LogP contribution >= 0.6 is 0 Å². The minimum absolute atomic E-state index is 0.0854. The van der Waals surface area contributed by atoms with Gasteiger partial charge in [-0.3, -0.25) is 14.6 Å². The van der Waals surface area contributed by atoms with E-state index >= 15 is 0 Å². The Morgan fingerprint density at radius 3 is 2.68 bits per heavy atom. The van der Waals surface area contributed by atoms with Crippen molar-refractivity contribution in [2.75, 3.05) is 39.4 Å². The lowest BCUT2D eigenvalue weighted by molar-refractivity contribution is -0.132. The molecule has 0 unspecified atom stereocenters. The molecule has 1 aromatic heterocycles. The molecule has 2 heterocycles. The van der Waals surface area contributed by atoms with Gasteiger partial charge in [0.25, 0.3) is 5.91 Å². The summed E-state index contributed by atoms with van der Waals surface area (Å²) in [6, 6.07) is 0. The Morgan fingerprint density at radius 1 is 1.18 bits per heavy atom. The quantitative estimate of drug-likeness (QED) is 0.744. The topological polar surface area (TPSA) is 75.6 Å². The number of rotatable bonds is 5. The zero-order valence-electron chi connectivity index (χ0n) is 12.9. The van der Waals surface area contributed by atoms with Gasteiger partial charge >= 0.3 is 0 Å². The highest BCUT2D eigenvalue weighted by molar-refractivity contribution is 5.92. The summed E-state index contributed by atoms with van der Waals surface area (Å²) in [5, 5.41) is 0. The van der Waals surface area contributed by atoms with Crippen molar-refractivity contribution in [1.82, 2.24) is 19.8 Å². The third-order valence-electron chi connectivity index (χ3n) is 3.58. The summed E-state index contributed by atoms with van der Waals surface area (Å²) in [5.74, 6) is -0.0426. The van der Waals surface area contributed by atoms with Gasteiger partial charge in [0.1, 0.15) is 5.69 Å². The van der Waals surface area contributed by atoms with E-state index in [0.717, 1.165) is 6.42 Å². The molecule has 0 saturated carbocycles. The van der Waals surface area contributed by atoms with Crippen LogP contribution in [0.3, 0.4) is 0 Å². The van der Waals surface area contributed by atoms with E-state index in [1.807, 2.05) is 11.8 Å². The van der Waals surface area contributed by atoms with Crippen LogP contribution in [0.4, 0.5) is 0 Å². The molecule has 7 nitrogen and oxygen atoms in total. The van der Waals surface area contributed by atoms with Gasteiger partial charge in [0.05, 0.1) is 19.2 Å². The lowest BCUT2D eigenvalue weighted by Gasteiger charge is -2.22. The number of hydrogen-bond donors (Lipinski definition) is 0. The molecule has 22 heavy (non-hydrogen) atoms. The van der Waals surface area contributed by atoms with E-state index in [9.17, 15) is 9.59 Å². The fraction of sp³-hybridized carbons (Fsp3) is 0.600. The summed E-state index contributed by atoms with van der Waals surface area (Å²) >= 11 is 0. The predicted octanol–water partition coefficient (Wildman–Crippen LogP) is 0.578. The SMILES string of the molecule is CCOCCC(=O)N1CCCN(C(=O)c2cnccn2)CC1. The molecule has 1 fully saturated rings. The van der Waals surface area contributed by atoms with Gasteiger partial charge in [0.15, 0.2) is 0 Å². The van der Waals surface area contributed by atoms with Gasteiger partial charge in [0.2, 0.25) is 5.91 Å². The van der Waals surface area contributed by atoms with Gasteiger partial charge in [-0.25, -0.2) is 4.98 Å². The molecule has 2 rings (SSSR count). The maximum Gasteiger partial charge on any atom is 0.274 e. The Hall–Kier alpha value is -2.02. The zero-order valence-corrected chi connectivity index (χ0v) is 12.9. The van der Waals surface area contributed by atoms with Crippen LogP contribution in [-0.2, 0) is 9.53 Å². The molecular formula is C15H22N4O3. The summed E-state index contributed by atoms with van der Waals surface area (Å²) < 4.78 is 5.22. The lowest BCUT2D eigenvalue weighted by Crippen LogP contribution is -2.37. The van der Waals surface area contributed by atoms with Crippen LogP contribution in [0.5, 0.6) is 0 Å². The Balaban J connectivity index is 1.87. The van der Waals surface area contributed by atoms with Crippen molar-refractivity contribution in [3.8, 4) is 0 Å². The highest BCUT2D eigenvalue weighted by Crippen LogP contribution is 2.08. The normalized spacial score (nSPS) is 15.5. The number of carbonyl (C=O) groups excluding carboxylic acids is 2. The molecule has 120 valence electrons. The number of ether oxygens (including phenoxy) is 1. The molecule has 0 atom stereocenters. The van der Waals surface area contributed by atoms with Crippen molar-refractivity contribution in [3.63, 3.8) is 0 Å². The molecule has 7 heteroatoms. The molecule has 1 aliphatic rings. The Morgan fingerprint density at radius 2 is 1.95 bits per heavy atom. The molecular weight excluding hydrogens is 284 g/mol. The first-order valence-corrected chi connectivity index (χ1v) is 7.63. The van der Waals surface area contributed by atoms with E-state index in [-0.39, 0.29) is 11.8 Å². The molecule has 0 radical (unpaired) electrons. The van der Waals surface area contributed by atoms with Crippen LogP contribution in [0.15, 0.2) is 18.6 Å². The fourth-order valence-corrected chi connectivity index (χ4v) is 2.40. The number of hydrogen-bond acceptors (Lipinski definition) is 5. The maximum absolute atomic E-state index is 12.3. The number of aromatic nitrogens is 2. The zero-order chi connectivity index (χ0) is 15.8. The van der Waals surface area contributed by atoms with E-state index in [1.165, 1.54) is 18.6 Å². The highest BCUT2D eigenvalue weighted by atomic mass is 16.5. The third kappa shape index (κ3) is 4.49. The standard InChI is InChI=1S/C15H22N4O3/c1-2-22-11-4-14(20)18-7-3-8-19(10-9-18)15(21)13-12-16-5-6-17-13/h5-6,12H,2-4,7-11H2,1H3. The average molecular weight is 306 g/mol. The minimum Gasteiger partial charge on any atom is -0.381 e.